The Balaban J connectivity index is 3.01. The zero-order valence-electron chi connectivity index (χ0n) is 8.98. The van der Waals surface area contributed by atoms with Gasteiger partial charge in [0.1, 0.15) is 0 Å². The number of halogens is 1. The van der Waals surface area contributed by atoms with E-state index in [4.69, 9.17) is 21.9 Å². The zero-order chi connectivity index (χ0) is 12.1. The molecule has 0 saturated heterocycles. The number of hydrogen-bond donors (Lipinski definition) is 0. The van der Waals surface area contributed by atoms with E-state index in [0.717, 1.165) is 0 Å². The largest absolute Gasteiger partial charge is 0.454 e. The molecule has 84 valence electrons. The molecule has 4 nitrogen and oxygen atoms in total. The van der Waals surface area contributed by atoms with E-state index in [2.05, 4.69) is 4.79 Å². The smallest absolute Gasteiger partial charge is 0.422 e. The van der Waals surface area contributed by atoms with Crippen LogP contribution in [0.3, 0.4) is 0 Å². The van der Waals surface area contributed by atoms with Gasteiger partial charge in [-0.1, -0.05) is 17.7 Å². The third kappa shape index (κ3) is 3.19. The summed E-state index contributed by atoms with van der Waals surface area (Å²) in [6, 6.07) is 6.46. The lowest BCUT2D eigenvalue weighted by atomic mass is 10.1. The Hall–Kier alpha value is -1.64. The minimum absolute atomic E-state index is 0.156. The van der Waals surface area contributed by atoms with Gasteiger partial charge in [0.25, 0.3) is 0 Å². The molecule has 1 aromatic rings. The van der Waals surface area contributed by atoms with Crippen LogP contribution in [0.25, 0.3) is 5.53 Å². The van der Waals surface area contributed by atoms with E-state index in [1.165, 1.54) is 6.07 Å². The van der Waals surface area contributed by atoms with Crippen LogP contribution < -0.4 is 0 Å². The van der Waals surface area contributed by atoms with Crippen LogP contribution in [0.5, 0.6) is 0 Å². The normalized spacial score (nSPS) is 9.75. The minimum atomic E-state index is -0.681. The molecule has 0 fully saturated rings. The van der Waals surface area contributed by atoms with E-state index in [0.29, 0.717) is 10.6 Å². The maximum absolute atomic E-state index is 11.5. The average Bonchev–Trinajstić information content (AvgIpc) is 2.17. The van der Waals surface area contributed by atoms with Gasteiger partial charge in [-0.25, -0.2) is 4.79 Å². The van der Waals surface area contributed by atoms with Crippen LogP contribution in [0.1, 0.15) is 19.4 Å². The summed E-state index contributed by atoms with van der Waals surface area (Å²) in [5.41, 5.74) is 9.06. The summed E-state index contributed by atoms with van der Waals surface area (Å²) in [6.45, 7) is 3.43. The van der Waals surface area contributed by atoms with Crippen LogP contribution >= 0.6 is 11.6 Å². The Labute approximate surface area is 98.4 Å². The second kappa shape index (κ2) is 5.45. The monoisotopic (exact) mass is 238 g/mol. The maximum Gasteiger partial charge on any atom is 0.422 e. The van der Waals surface area contributed by atoms with Gasteiger partial charge < -0.3 is 10.3 Å². The minimum Gasteiger partial charge on any atom is -0.454 e. The van der Waals surface area contributed by atoms with Crippen LogP contribution in [-0.4, -0.2) is 22.6 Å². The summed E-state index contributed by atoms with van der Waals surface area (Å²) in [6.07, 6.45) is -0.275. The molecule has 5 heteroatoms. The molecule has 0 heterocycles. The molecule has 0 aliphatic heterocycles. The quantitative estimate of drug-likeness (QED) is 0.351. The fraction of sp³-hybridized carbons (Fsp3) is 0.273. The van der Waals surface area contributed by atoms with Crippen molar-refractivity contribution in [2.75, 3.05) is 0 Å². The van der Waals surface area contributed by atoms with Gasteiger partial charge in [-0.3, -0.25) is 0 Å². The lowest BCUT2D eigenvalue weighted by Gasteiger charge is -2.04. The summed E-state index contributed by atoms with van der Waals surface area (Å²) < 4.78 is 4.92. The molecule has 0 saturated carbocycles. The summed E-state index contributed by atoms with van der Waals surface area (Å²) >= 11 is 5.77. The van der Waals surface area contributed by atoms with Gasteiger partial charge in [-0.05, 0) is 32.0 Å². The fourth-order valence-electron chi connectivity index (χ4n) is 1.12. The van der Waals surface area contributed by atoms with Gasteiger partial charge in [0.15, 0.2) is 0 Å². The molecule has 0 atom stereocenters. The molecule has 0 N–H and O–H groups in total. The first-order valence-electron chi connectivity index (χ1n) is 4.73. The third-order valence-corrected chi connectivity index (χ3v) is 1.97. The lowest BCUT2D eigenvalue weighted by Crippen LogP contribution is -2.23. The highest BCUT2D eigenvalue weighted by Gasteiger charge is 2.25. The lowest BCUT2D eigenvalue weighted by molar-refractivity contribution is -0.143. The first-order chi connectivity index (χ1) is 7.54. The van der Waals surface area contributed by atoms with E-state index in [9.17, 15) is 4.79 Å². The van der Waals surface area contributed by atoms with Crippen molar-refractivity contribution >= 4 is 23.3 Å². The molecule has 0 aliphatic carbocycles. The number of hydrogen-bond acceptors (Lipinski definition) is 2. The van der Waals surface area contributed by atoms with Crippen LogP contribution in [0.2, 0.25) is 5.02 Å². The van der Waals surface area contributed by atoms with Crippen molar-refractivity contribution in [2.24, 2.45) is 0 Å². The summed E-state index contributed by atoms with van der Waals surface area (Å²) in [5, 5.41) is 0.455. The fourth-order valence-corrected chi connectivity index (χ4v) is 1.31. The van der Waals surface area contributed by atoms with Crippen LogP contribution in [0.15, 0.2) is 24.3 Å². The number of benzene rings is 1. The molecular formula is C11H11ClN2O2. The van der Waals surface area contributed by atoms with Crippen molar-refractivity contribution in [3.63, 3.8) is 0 Å². The highest BCUT2D eigenvalue weighted by atomic mass is 35.5. The molecule has 0 bridgehead atoms. The van der Waals surface area contributed by atoms with Crippen molar-refractivity contribution in [1.82, 2.24) is 0 Å². The number of carbonyl (C=O) groups is 1. The van der Waals surface area contributed by atoms with E-state index in [1.807, 2.05) is 0 Å². The van der Waals surface area contributed by atoms with Gasteiger partial charge in [0, 0.05) is 5.02 Å². The van der Waals surface area contributed by atoms with E-state index in [1.54, 1.807) is 32.0 Å². The van der Waals surface area contributed by atoms with E-state index >= 15 is 0 Å². The Kier molecular flexibility index (Phi) is 4.23. The van der Waals surface area contributed by atoms with Crippen molar-refractivity contribution in [3.8, 4) is 0 Å². The second-order valence-electron chi connectivity index (χ2n) is 3.41. The molecule has 1 aromatic carbocycles. The van der Waals surface area contributed by atoms with E-state index in [-0.39, 0.29) is 11.8 Å². The summed E-state index contributed by atoms with van der Waals surface area (Å²) in [4.78, 5) is 14.5. The molecule has 0 unspecified atom stereocenters. The molecule has 0 aliphatic rings. The number of carbonyl (C=O) groups excluding carboxylic acids is 1. The zero-order valence-corrected chi connectivity index (χ0v) is 9.73. The molecule has 1 rings (SSSR count). The first-order valence-corrected chi connectivity index (χ1v) is 5.11. The Morgan fingerprint density at radius 1 is 1.50 bits per heavy atom. The number of nitrogens with zero attached hydrogens (tertiary/aromatic N) is 2. The standard InChI is InChI=1S/C11H11ClN2O2/c1-7(2)16-11(15)10(14-13)8-4-3-5-9(12)6-8/h3-7H,1-2H3. The average molecular weight is 239 g/mol. The highest BCUT2D eigenvalue weighted by molar-refractivity contribution is 6.41. The van der Waals surface area contributed by atoms with Crippen LogP contribution in [-0.2, 0) is 9.53 Å². The number of ether oxygens (including phenoxy) is 1. The van der Waals surface area contributed by atoms with Crippen molar-refractivity contribution in [3.05, 3.63) is 40.4 Å². The summed E-state index contributed by atoms with van der Waals surface area (Å²) in [5.74, 6) is -0.681. The molecule has 16 heavy (non-hydrogen) atoms. The van der Waals surface area contributed by atoms with Gasteiger partial charge in [-0.2, -0.15) is 4.79 Å². The van der Waals surface area contributed by atoms with Crippen LogP contribution in [0, 0.1) is 0 Å². The number of rotatable bonds is 3. The SMILES string of the molecule is CC(C)OC(=O)C(=[N+]=[N-])c1cccc(Cl)c1. The van der Waals surface area contributed by atoms with Gasteiger partial charge in [-0.15, -0.1) is 0 Å². The molecule has 0 aromatic heterocycles. The summed E-state index contributed by atoms with van der Waals surface area (Å²) in [7, 11) is 0. The Morgan fingerprint density at radius 3 is 2.69 bits per heavy atom. The highest BCUT2D eigenvalue weighted by Crippen LogP contribution is 2.11. The Bertz CT molecular complexity index is 451. The molecule has 0 radical (unpaired) electrons. The predicted octanol–water partition coefficient (Wildman–Crippen LogP) is 2.31. The topological polar surface area (TPSA) is 62.7 Å². The van der Waals surface area contributed by atoms with E-state index < -0.39 is 5.97 Å². The van der Waals surface area contributed by atoms with Crippen molar-refractivity contribution in [1.29, 1.82) is 0 Å². The second-order valence-corrected chi connectivity index (χ2v) is 3.85. The molecular weight excluding hydrogens is 228 g/mol. The van der Waals surface area contributed by atoms with Gasteiger partial charge >= 0.3 is 11.7 Å². The van der Waals surface area contributed by atoms with Gasteiger partial charge in [0.05, 0.1) is 11.7 Å². The molecule has 0 spiro atoms. The Morgan fingerprint density at radius 2 is 2.19 bits per heavy atom. The van der Waals surface area contributed by atoms with Crippen molar-refractivity contribution < 1.29 is 14.3 Å². The number of esters is 1. The third-order valence-electron chi connectivity index (χ3n) is 1.73. The van der Waals surface area contributed by atoms with Crippen molar-refractivity contribution in [2.45, 2.75) is 20.0 Å². The first kappa shape index (κ1) is 12.4. The van der Waals surface area contributed by atoms with Crippen LogP contribution in [0.4, 0.5) is 0 Å². The van der Waals surface area contributed by atoms with Gasteiger partial charge in [0.2, 0.25) is 0 Å². The maximum atomic E-state index is 11.5. The predicted molar refractivity (Wildman–Crippen MR) is 60.4 cm³/mol. The molecule has 0 amide bonds.